The summed E-state index contributed by atoms with van der Waals surface area (Å²) in [5.74, 6) is 0. The van der Waals surface area contributed by atoms with E-state index in [2.05, 4.69) is 15.9 Å². The van der Waals surface area contributed by atoms with E-state index in [1.807, 2.05) is 6.92 Å². The zero-order valence-corrected chi connectivity index (χ0v) is 7.32. The molecule has 0 aliphatic heterocycles. The molecule has 1 rings (SSSR count). The molecule has 1 nitrogen and oxygen atoms in total. The number of aliphatic hydroxyl groups is 1. The highest BCUT2D eigenvalue weighted by Crippen LogP contribution is 2.35. The van der Waals surface area contributed by atoms with E-state index in [1.165, 1.54) is 12.8 Å². The topological polar surface area (TPSA) is 20.2 Å². The van der Waals surface area contributed by atoms with Gasteiger partial charge in [0.05, 0.1) is 5.60 Å². The van der Waals surface area contributed by atoms with Gasteiger partial charge in [0.15, 0.2) is 0 Å². The van der Waals surface area contributed by atoms with Crippen LogP contribution in [0.15, 0.2) is 0 Å². The molecule has 1 N–H and O–H groups in total. The Balaban J connectivity index is 2.51. The first kappa shape index (κ1) is 7.55. The summed E-state index contributed by atoms with van der Waals surface area (Å²) in [7, 11) is 0. The van der Waals surface area contributed by atoms with Crippen LogP contribution in [0, 0.1) is 0 Å². The highest BCUT2D eigenvalue weighted by molar-refractivity contribution is 9.09. The van der Waals surface area contributed by atoms with Crippen LogP contribution < -0.4 is 0 Å². The van der Waals surface area contributed by atoms with Crippen molar-refractivity contribution in [1.82, 2.24) is 0 Å². The summed E-state index contributed by atoms with van der Waals surface area (Å²) in [4.78, 5) is 0.257. The van der Waals surface area contributed by atoms with Gasteiger partial charge in [0.25, 0.3) is 0 Å². The summed E-state index contributed by atoms with van der Waals surface area (Å²) in [6.45, 7) is 2.02. The minimum atomic E-state index is -0.389. The van der Waals surface area contributed by atoms with Crippen molar-refractivity contribution >= 4 is 15.9 Å². The smallest absolute Gasteiger partial charge is 0.0769 e. The number of hydrogen-bond donors (Lipinski definition) is 1. The van der Waals surface area contributed by atoms with Crippen LogP contribution in [0.4, 0.5) is 0 Å². The lowest BCUT2D eigenvalue weighted by atomic mass is 10.00. The minimum Gasteiger partial charge on any atom is -0.389 e. The van der Waals surface area contributed by atoms with Crippen molar-refractivity contribution in [3.63, 3.8) is 0 Å². The van der Waals surface area contributed by atoms with Gasteiger partial charge in [0.1, 0.15) is 0 Å². The lowest BCUT2D eigenvalue weighted by molar-refractivity contribution is 0.0515. The second-order valence-corrected chi connectivity index (χ2v) is 4.30. The summed E-state index contributed by atoms with van der Waals surface area (Å²) in [6.07, 6.45) is 4.32. The largest absolute Gasteiger partial charge is 0.389 e. The standard InChI is InChI=1S/C7H13BrO/c1-6(8)7(9)4-2-3-5-7/h6,9H,2-5H2,1H3. The number of hydrogen-bond acceptors (Lipinski definition) is 1. The fourth-order valence-electron chi connectivity index (χ4n) is 1.39. The van der Waals surface area contributed by atoms with Gasteiger partial charge >= 0.3 is 0 Å². The van der Waals surface area contributed by atoms with E-state index in [0.29, 0.717) is 0 Å². The zero-order valence-electron chi connectivity index (χ0n) is 5.73. The SMILES string of the molecule is CC(Br)C1(O)CCCC1. The minimum absolute atomic E-state index is 0.257. The molecular formula is C7H13BrO. The second kappa shape index (κ2) is 2.59. The quantitative estimate of drug-likeness (QED) is 0.632. The Hall–Kier alpha value is 0.440. The van der Waals surface area contributed by atoms with Crippen molar-refractivity contribution in [1.29, 1.82) is 0 Å². The molecule has 0 saturated heterocycles. The van der Waals surface area contributed by atoms with Gasteiger partial charge in [-0.2, -0.15) is 0 Å². The summed E-state index contributed by atoms with van der Waals surface area (Å²) in [5.41, 5.74) is -0.389. The fourth-order valence-corrected chi connectivity index (χ4v) is 1.84. The summed E-state index contributed by atoms with van der Waals surface area (Å²) < 4.78 is 0. The predicted octanol–water partition coefficient (Wildman–Crippen LogP) is 2.07. The van der Waals surface area contributed by atoms with E-state index in [0.717, 1.165) is 12.8 Å². The molecule has 0 bridgehead atoms. The van der Waals surface area contributed by atoms with Crippen LogP contribution in [0.1, 0.15) is 32.6 Å². The first-order chi connectivity index (χ1) is 4.15. The van der Waals surface area contributed by atoms with Gasteiger partial charge < -0.3 is 5.11 Å². The molecule has 0 amide bonds. The third kappa shape index (κ3) is 1.47. The highest BCUT2D eigenvalue weighted by Gasteiger charge is 2.34. The van der Waals surface area contributed by atoms with Gasteiger partial charge in [-0.05, 0) is 19.8 Å². The van der Waals surface area contributed by atoms with Gasteiger partial charge in [-0.15, -0.1) is 0 Å². The molecule has 0 spiro atoms. The first-order valence-electron chi connectivity index (χ1n) is 3.51. The molecule has 2 heteroatoms. The molecule has 1 unspecified atom stereocenters. The Morgan fingerprint density at radius 3 is 2.11 bits per heavy atom. The van der Waals surface area contributed by atoms with Crippen LogP contribution in [0.5, 0.6) is 0 Å². The number of halogens is 1. The predicted molar refractivity (Wildman–Crippen MR) is 41.8 cm³/mol. The van der Waals surface area contributed by atoms with E-state index in [1.54, 1.807) is 0 Å². The monoisotopic (exact) mass is 192 g/mol. The third-order valence-corrected chi connectivity index (χ3v) is 3.06. The second-order valence-electron chi connectivity index (χ2n) is 2.93. The van der Waals surface area contributed by atoms with Crippen LogP contribution in [0.25, 0.3) is 0 Å². The van der Waals surface area contributed by atoms with Crippen LogP contribution >= 0.6 is 15.9 Å². The molecule has 0 aromatic rings. The molecule has 1 aliphatic carbocycles. The van der Waals surface area contributed by atoms with Gasteiger partial charge in [0.2, 0.25) is 0 Å². The van der Waals surface area contributed by atoms with Crippen LogP contribution in [0.2, 0.25) is 0 Å². The Morgan fingerprint density at radius 1 is 1.44 bits per heavy atom. The molecule has 54 valence electrons. The first-order valence-corrected chi connectivity index (χ1v) is 4.43. The lowest BCUT2D eigenvalue weighted by Gasteiger charge is -2.24. The summed E-state index contributed by atoms with van der Waals surface area (Å²) in [6, 6.07) is 0. The van der Waals surface area contributed by atoms with Crippen molar-refractivity contribution in [2.24, 2.45) is 0 Å². The third-order valence-electron chi connectivity index (χ3n) is 2.21. The maximum atomic E-state index is 9.72. The molecule has 0 heterocycles. The average Bonchev–Trinajstić information content (AvgIpc) is 2.16. The summed E-state index contributed by atoms with van der Waals surface area (Å²) >= 11 is 3.41. The average molecular weight is 193 g/mol. The molecule has 1 aliphatic rings. The number of rotatable bonds is 1. The van der Waals surface area contributed by atoms with Crippen molar-refractivity contribution in [3.8, 4) is 0 Å². The van der Waals surface area contributed by atoms with E-state index >= 15 is 0 Å². The maximum absolute atomic E-state index is 9.72. The van der Waals surface area contributed by atoms with Gasteiger partial charge in [-0.25, -0.2) is 0 Å². The van der Waals surface area contributed by atoms with Crippen LogP contribution in [-0.4, -0.2) is 15.5 Å². The fraction of sp³-hybridized carbons (Fsp3) is 1.00. The molecular weight excluding hydrogens is 180 g/mol. The van der Waals surface area contributed by atoms with Crippen molar-refractivity contribution in [2.45, 2.75) is 43.0 Å². The van der Waals surface area contributed by atoms with Gasteiger partial charge in [0, 0.05) is 4.83 Å². The molecule has 0 aromatic heterocycles. The Morgan fingerprint density at radius 2 is 1.89 bits per heavy atom. The van der Waals surface area contributed by atoms with Crippen LogP contribution in [0.3, 0.4) is 0 Å². The molecule has 1 saturated carbocycles. The Bertz CT molecular complexity index is 95.1. The van der Waals surface area contributed by atoms with E-state index in [9.17, 15) is 5.11 Å². The Kier molecular flexibility index (Phi) is 2.17. The van der Waals surface area contributed by atoms with Crippen molar-refractivity contribution in [2.75, 3.05) is 0 Å². The number of alkyl halides is 1. The van der Waals surface area contributed by atoms with Gasteiger partial charge in [-0.1, -0.05) is 28.8 Å². The van der Waals surface area contributed by atoms with E-state index in [4.69, 9.17) is 0 Å². The molecule has 0 radical (unpaired) electrons. The Labute approximate surface area is 64.6 Å². The van der Waals surface area contributed by atoms with Crippen LogP contribution in [-0.2, 0) is 0 Å². The van der Waals surface area contributed by atoms with Gasteiger partial charge in [-0.3, -0.25) is 0 Å². The molecule has 1 fully saturated rings. The normalized spacial score (nSPS) is 28.3. The molecule has 1 atom stereocenters. The highest BCUT2D eigenvalue weighted by atomic mass is 79.9. The molecule has 0 aromatic carbocycles. The summed E-state index contributed by atoms with van der Waals surface area (Å²) in [5, 5.41) is 9.72. The lowest BCUT2D eigenvalue weighted by Crippen LogP contribution is -2.32. The van der Waals surface area contributed by atoms with Crippen molar-refractivity contribution in [3.05, 3.63) is 0 Å². The van der Waals surface area contributed by atoms with E-state index < -0.39 is 0 Å². The van der Waals surface area contributed by atoms with E-state index in [-0.39, 0.29) is 10.4 Å². The molecule has 9 heavy (non-hydrogen) atoms. The van der Waals surface area contributed by atoms with Crippen molar-refractivity contribution < 1.29 is 5.11 Å². The maximum Gasteiger partial charge on any atom is 0.0769 e. The zero-order chi connectivity index (χ0) is 6.91.